The molecule has 0 radical (unpaired) electrons. The van der Waals surface area contributed by atoms with E-state index >= 15 is 0 Å². The Hall–Kier alpha value is -1.53. The lowest BCUT2D eigenvalue weighted by atomic mass is 10.2. The Labute approximate surface area is 101 Å². The van der Waals surface area contributed by atoms with E-state index in [0.717, 1.165) is 0 Å². The summed E-state index contributed by atoms with van der Waals surface area (Å²) in [6.45, 7) is 8.44. The molecule has 0 fully saturated rings. The molecule has 0 aromatic carbocycles. The maximum Gasteiger partial charge on any atom is 0.149 e. The molecule has 16 heavy (non-hydrogen) atoms. The lowest BCUT2D eigenvalue weighted by molar-refractivity contribution is 0.712. The van der Waals surface area contributed by atoms with E-state index in [1.165, 1.54) is 0 Å². The Morgan fingerprint density at radius 1 is 1.69 bits per heavy atom. The number of hydrogen-bond acceptors (Lipinski definition) is 3. The van der Waals surface area contributed by atoms with E-state index in [1.807, 2.05) is 24.8 Å². The van der Waals surface area contributed by atoms with Gasteiger partial charge in [-0.25, -0.2) is 4.98 Å². The fourth-order valence-electron chi connectivity index (χ4n) is 1.40. The highest BCUT2D eigenvalue weighted by Crippen LogP contribution is 2.27. The molecule has 0 aliphatic heterocycles. The van der Waals surface area contributed by atoms with Crippen LogP contribution in [-0.4, -0.2) is 17.6 Å². The number of halogens is 1. The number of aromatic nitrogens is 1. The van der Waals surface area contributed by atoms with Gasteiger partial charge in [0, 0.05) is 18.8 Å². The van der Waals surface area contributed by atoms with Crippen LogP contribution < -0.4 is 4.90 Å². The number of hydrogen-bond donors (Lipinski definition) is 0. The fraction of sp³-hybridized carbons (Fsp3) is 0.333. The van der Waals surface area contributed by atoms with Gasteiger partial charge in [0.25, 0.3) is 0 Å². The lowest BCUT2D eigenvalue weighted by Crippen LogP contribution is -2.31. The van der Waals surface area contributed by atoms with E-state index in [2.05, 4.69) is 11.6 Å². The van der Waals surface area contributed by atoms with Crippen molar-refractivity contribution in [3.63, 3.8) is 0 Å². The Bertz CT molecular complexity index is 421. The zero-order chi connectivity index (χ0) is 12.1. The van der Waals surface area contributed by atoms with E-state index < -0.39 is 0 Å². The number of pyridine rings is 1. The maximum atomic E-state index is 8.89. The van der Waals surface area contributed by atoms with Crippen molar-refractivity contribution in [2.24, 2.45) is 0 Å². The van der Waals surface area contributed by atoms with Gasteiger partial charge in [-0.3, -0.25) is 0 Å². The van der Waals surface area contributed by atoms with Gasteiger partial charge in [-0.05, 0) is 19.9 Å². The first-order valence-corrected chi connectivity index (χ1v) is 5.41. The molecule has 1 rings (SSSR count). The van der Waals surface area contributed by atoms with Crippen LogP contribution in [0, 0.1) is 11.3 Å². The molecule has 0 unspecified atom stereocenters. The molecule has 0 bridgehead atoms. The van der Waals surface area contributed by atoms with Crippen LogP contribution in [-0.2, 0) is 0 Å². The van der Waals surface area contributed by atoms with Gasteiger partial charge >= 0.3 is 0 Å². The van der Waals surface area contributed by atoms with Crippen molar-refractivity contribution in [2.45, 2.75) is 19.9 Å². The third-order valence-electron chi connectivity index (χ3n) is 2.21. The SMILES string of the molecule is C=CCN(c1nccc(C#N)c1Cl)C(C)C. The topological polar surface area (TPSA) is 39.9 Å². The number of rotatable bonds is 4. The van der Waals surface area contributed by atoms with Crippen molar-refractivity contribution in [3.05, 3.63) is 35.5 Å². The van der Waals surface area contributed by atoms with Crippen molar-refractivity contribution in [2.75, 3.05) is 11.4 Å². The van der Waals surface area contributed by atoms with Crippen molar-refractivity contribution < 1.29 is 0 Å². The molecule has 0 amide bonds. The molecular formula is C12H14ClN3. The molecule has 0 aliphatic rings. The lowest BCUT2D eigenvalue weighted by Gasteiger charge is -2.27. The molecular weight excluding hydrogens is 222 g/mol. The normalized spacial score (nSPS) is 9.94. The first-order valence-electron chi connectivity index (χ1n) is 5.04. The highest BCUT2D eigenvalue weighted by Gasteiger charge is 2.16. The molecule has 0 aliphatic carbocycles. The van der Waals surface area contributed by atoms with Crippen LogP contribution in [0.3, 0.4) is 0 Å². The van der Waals surface area contributed by atoms with E-state index in [4.69, 9.17) is 16.9 Å². The van der Waals surface area contributed by atoms with E-state index in [0.29, 0.717) is 22.9 Å². The van der Waals surface area contributed by atoms with Crippen LogP contribution >= 0.6 is 11.6 Å². The summed E-state index contributed by atoms with van der Waals surface area (Å²) in [5.41, 5.74) is 0.446. The van der Waals surface area contributed by atoms with Gasteiger partial charge in [-0.2, -0.15) is 5.26 Å². The van der Waals surface area contributed by atoms with Crippen molar-refractivity contribution in [1.29, 1.82) is 5.26 Å². The van der Waals surface area contributed by atoms with Crippen LogP contribution in [0.2, 0.25) is 5.02 Å². The Kier molecular flexibility index (Phi) is 4.33. The molecule has 0 spiro atoms. The summed E-state index contributed by atoms with van der Waals surface area (Å²) in [6.07, 6.45) is 3.38. The molecule has 1 heterocycles. The first-order chi connectivity index (χ1) is 7.61. The van der Waals surface area contributed by atoms with E-state index in [9.17, 15) is 0 Å². The number of anilines is 1. The second kappa shape index (κ2) is 5.53. The van der Waals surface area contributed by atoms with E-state index in [1.54, 1.807) is 18.3 Å². The van der Waals surface area contributed by atoms with Crippen LogP contribution in [0.15, 0.2) is 24.9 Å². The molecule has 1 aromatic heterocycles. The average Bonchev–Trinajstić information content (AvgIpc) is 2.26. The Morgan fingerprint density at radius 2 is 2.38 bits per heavy atom. The highest BCUT2D eigenvalue weighted by atomic mass is 35.5. The largest absolute Gasteiger partial charge is 0.349 e. The van der Waals surface area contributed by atoms with Gasteiger partial charge in [0.1, 0.15) is 16.9 Å². The molecule has 84 valence electrons. The second-order valence-electron chi connectivity index (χ2n) is 3.64. The third kappa shape index (κ3) is 2.53. The Balaban J connectivity index is 3.20. The minimum Gasteiger partial charge on any atom is -0.349 e. The molecule has 3 nitrogen and oxygen atoms in total. The van der Waals surface area contributed by atoms with Gasteiger partial charge in [0.15, 0.2) is 0 Å². The summed E-state index contributed by atoms with van der Waals surface area (Å²) in [5.74, 6) is 0.635. The molecule has 0 atom stereocenters. The summed E-state index contributed by atoms with van der Waals surface area (Å²) < 4.78 is 0. The molecule has 0 saturated heterocycles. The van der Waals surface area contributed by atoms with Gasteiger partial charge in [-0.15, -0.1) is 6.58 Å². The van der Waals surface area contributed by atoms with Crippen LogP contribution in [0.5, 0.6) is 0 Å². The van der Waals surface area contributed by atoms with Crippen LogP contribution in [0.4, 0.5) is 5.82 Å². The first kappa shape index (κ1) is 12.5. The smallest absolute Gasteiger partial charge is 0.149 e. The quantitative estimate of drug-likeness (QED) is 0.754. The molecule has 1 aromatic rings. The van der Waals surface area contributed by atoms with E-state index in [-0.39, 0.29) is 6.04 Å². The predicted molar refractivity (Wildman–Crippen MR) is 66.6 cm³/mol. The minimum atomic E-state index is 0.247. The maximum absolute atomic E-state index is 8.89. The molecule has 4 heteroatoms. The fourth-order valence-corrected chi connectivity index (χ4v) is 1.66. The van der Waals surface area contributed by atoms with Crippen molar-refractivity contribution in [1.82, 2.24) is 4.98 Å². The van der Waals surface area contributed by atoms with Gasteiger partial charge in [0.2, 0.25) is 0 Å². The van der Waals surface area contributed by atoms with Gasteiger partial charge < -0.3 is 4.90 Å². The molecule has 0 N–H and O–H groups in total. The minimum absolute atomic E-state index is 0.247. The summed E-state index contributed by atoms with van der Waals surface area (Å²) >= 11 is 6.12. The predicted octanol–water partition coefficient (Wildman–Crippen LogP) is 3.01. The van der Waals surface area contributed by atoms with Crippen LogP contribution in [0.1, 0.15) is 19.4 Å². The third-order valence-corrected chi connectivity index (χ3v) is 2.59. The summed E-state index contributed by atoms with van der Waals surface area (Å²) in [5, 5.41) is 9.30. The van der Waals surface area contributed by atoms with Crippen LogP contribution in [0.25, 0.3) is 0 Å². The zero-order valence-corrected chi connectivity index (χ0v) is 10.2. The second-order valence-corrected chi connectivity index (χ2v) is 4.02. The monoisotopic (exact) mass is 235 g/mol. The molecule has 0 saturated carbocycles. The highest BCUT2D eigenvalue weighted by molar-refractivity contribution is 6.34. The van der Waals surface area contributed by atoms with Crippen molar-refractivity contribution >= 4 is 17.4 Å². The average molecular weight is 236 g/mol. The van der Waals surface area contributed by atoms with Crippen molar-refractivity contribution in [3.8, 4) is 6.07 Å². The summed E-state index contributed by atoms with van der Waals surface area (Å²) in [4.78, 5) is 6.22. The van der Waals surface area contributed by atoms with Gasteiger partial charge in [0.05, 0.1) is 5.56 Å². The standard InChI is InChI=1S/C12H14ClN3/c1-4-7-16(9(2)3)12-11(13)10(8-14)5-6-15-12/h4-6,9H,1,7H2,2-3H3. The Morgan fingerprint density at radius 3 is 2.88 bits per heavy atom. The number of nitrogens with zero attached hydrogens (tertiary/aromatic N) is 3. The van der Waals surface area contributed by atoms with Gasteiger partial charge in [-0.1, -0.05) is 17.7 Å². The summed E-state index contributed by atoms with van der Waals surface area (Å²) in [6, 6.07) is 3.90. The zero-order valence-electron chi connectivity index (χ0n) is 9.44. The summed E-state index contributed by atoms with van der Waals surface area (Å²) in [7, 11) is 0. The number of nitriles is 1.